The molecule has 34 heavy (non-hydrogen) atoms. The molecule has 5 aromatic rings. The van der Waals surface area contributed by atoms with Gasteiger partial charge in [-0.15, -0.1) is 0 Å². The molecule has 0 spiro atoms. The van der Waals surface area contributed by atoms with Crippen molar-refractivity contribution in [2.75, 3.05) is 11.1 Å². The quantitative estimate of drug-likeness (QED) is 0.288. The van der Waals surface area contributed by atoms with Crippen LogP contribution in [0.4, 0.5) is 5.69 Å². The van der Waals surface area contributed by atoms with Gasteiger partial charge in [0.05, 0.1) is 22.3 Å². The average Bonchev–Trinajstić information content (AvgIpc) is 3.21. The van der Waals surface area contributed by atoms with Gasteiger partial charge < -0.3 is 9.73 Å². The number of anilines is 1. The van der Waals surface area contributed by atoms with Crippen molar-refractivity contribution in [3.8, 4) is 11.8 Å². The van der Waals surface area contributed by atoms with Gasteiger partial charge in [0, 0.05) is 5.39 Å². The first kappa shape index (κ1) is 21.5. The SMILES string of the molecule is Cc1ccccc1-n1c(SCC(=O)Nc2c(C#N)oc3ccccc23)nc2ccccc2c1=O. The van der Waals surface area contributed by atoms with Crippen molar-refractivity contribution < 1.29 is 9.21 Å². The van der Waals surface area contributed by atoms with Gasteiger partial charge in [-0.1, -0.05) is 54.2 Å². The topological polar surface area (TPSA) is 101 Å². The summed E-state index contributed by atoms with van der Waals surface area (Å²) in [6.07, 6.45) is 0. The molecule has 1 amide bonds. The van der Waals surface area contributed by atoms with Gasteiger partial charge in [-0.3, -0.25) is 14.2 Å². The third kappa shape index (κ3) is 3.83. The first-order valence-corrected chi connectivity index (χ1v) is 11.5. The van der Waals surface area contributed by atoms with Crippen LogP contribution in [0.1, 0.15) is 11.3 Å². The van der Waals surface area contributed by atoms with Gasteiger partial charge in [-0.25, -0.2) is 4.98 Å². The van der Waals surface area contributed by atoms with Crippen LogP contribution in [-0.2, 0) is 4.79 Å². The number of nitrogens with one attached hydrogen (secondary N) is 1. The Bertz CT molecular complexity index is 1660. The maximum atomic E-state index is 13.4. The number of benzene rings is 3. The maximum absolute atomic E-state index is 13.4. The third-order valence-electron chi connectivity index (χ3n) is 5.40. The normalized spacial score (nSPS) is 10.9. The molecule has 3 aromatic carbocycles. The number of thioether (sulfide) groups is 1. The summed E-state index contributed by atoms with van der Waals surface area (Å²) in [5.41, 5.74) is 2.85. The zero-order valence-electron chi connectivity index (χ0n) is 18.1. The highest BCUT2D eigenvalue weighted by Gasteiger charge is 2.19. The average molecular weight is 467 g/mol. The van der Waals surface area contributed by atoms with Crippen molar-refractivity contribution >= 4 is 45.2 Å². The van der Waals surface area contributed by atoms with Gasteiger partial charge in [0.15, 0.2) is 5.16 Å². The molecule has 166 valence electrons. The second kappa shape index (κ2) is 8.89. The number of fused-ring (bicyclic) bond motifs is 2. The standard InChI is InChI=1S/C26H18N4O3S/c1-16-8-2-6-12-20(16)30-25(32)17-9-3-5-11-19(17)28-26(30)34-15-23(31)29-24-18-10-4-7-13-21(18)33-22(24)14-27/h2-13H,15H2,1H3,(H,29,31). The highest BCUT2D eigenvalue weighted by atomic mass is 32.2. The van der Waals surface area contributed by atoms with Crippen LogP contribution in [0, 0.1) is 18.3 Å². The second-order valence-electron chi connectivity index (χ2n) is 7.59. The minimum absolute atomic E-state index is 0.0129. The van der Waals surface area contributed by atoms with E-state index >= 15 is 0 Å². The predicted octanol–water partition coefficient (Wildman–Crippen LogP) is 5.04. The number of aromatic nitrogens is 2. The summed E-state index contributed by atoms with van der Waals surface area (Å²) in [5, 5.41) is 13.8. The van der Waals surface area contributed by atoms with E-state index in [1.54, 1.807) is 41.0 Å². The summed E-state index contributed by atoms with van der Waals surface area (Å²) >= 11 is 1.15. The molecule has 0 atom stereocenters. The Labute approximate surface area is 198 Å². The Morgan fingerprint density at radius 3 is 2.56 bits per heavy atom. The van der Waals surface area contributed by atoms with Gasteiger partial charge in [0.1, 0.15) is 17.3 Å². The van der Waals surface area contributed by atoms with Crippen molar-refractivity contribution in [1.29, 1.82) is 5.26 Å². The van der Waals surface area contributed by atoms with Gasteiger partial charge in [-0.2, -0.15) is 5.26 Å². The summed E-state index contributed by atoms with van der Waals surface area (Å²) < 4.78 is 7.07. The molecule has 0 saturated heterocycles. The molecule has 0 saturated carbocycles. The number of para-hydroxylation sites is 3. The first-order chi connectivity index (χ1) is 16.6. The van der Waals surface area contributed by atoms with Gasteiger partial charge in [0.2, 0.25) is 11.7 Å². The summed E-state index contributed by atoms with van der Waals surface area (Å²) in [5.74, 6) is -0.312. The smallest absolute Gasteiger partial charge is 0.266 e. The summed E-state index contributed by atoms with van der Waals surface area (Å²) in [6, 6.07) is 23.8. The number of carbonyl (C=O) groups excluding carboxylic acids is 1. The van der Waals surface area contributed by atoms with Gasteiger partial charge >= 0.3 is 0 Å². The van der Waals surface area contributed by atoms with Crippen LogP contribution >= 0.6 is 11.8 Å². The fraction of sp³-hybridized carbons (Fsp3) is 0.0769. The number of hydrogen-bond donors (Lipinski definition) is 1. The number of rotatable bonds is 5. The summed E-state index contributed by atoms with van der Waals surface area (Å²) in [7, 11) is 0. The van der Waals surface area contributed by atoms with E-state index in [4.69, 9.17) is 4.42 Å². The molecule has 1 N–H and O–H groups in total. The lowest BCUT2D eigenvalue weighted by Crippen LogP contribution is -2.23. The van der Waals surface area contributed by atoms with E-state index in [1.165, 1.54) is 0 Å². The van der Waals surface area contributed by atoms with E-state index in [-0.39, 0.29) is 23.0 Å². The second-order valence-corrected chi connectivity index (χ2v) is 8.53. The largest absolute Gasteiger partial charge is 0.443 e. The fourth-order valence-corrected chi connectivity index (χ4v) is 4.60. The lowest BCUT2D eigenvalue weighted by atomic mass is 10.2. The molecule has 0 fully saturated rings. The van der Waals surface area contributed by atoms with Crippen molar-refractivity contribution in [3.05, 3.63) is 94.5 Å². The van der Waals surface area contributed by atoms with Crippen molar-refractivity contribution in [2.45, 2.75) is 12.1 Å². The Balaban J connectivity index is 1.50. The monoisotopic (exact) mass is 466 g/mol. The molecular formula is C26H18N4O3S. The van der Waals surface area contributed by atoms with Crippen molar-refractivity contribution in [1.82, 2.24) is 9.55 Å². The lowest BCUT2D eigenvalue weighted by molar-refractivity contribution is -0.113. The van der Waals surface area contributed by atoms with E-state index in [2.05, 4.69) is 10.3 Å². The van der Waals surface area contributed by atoms with Crippen molar-refractivity contribution in [2.24, 2.45) is 0 Å². The van der Waals surface area contributed by atoms with Crippen LogP contribution < -0.4 is 10.9 Å². The molecule has 0 radical (unpaired) electrons. The van der Waals surface area contributed by atoms with Crippen LogP contribution in [0.15, 0.2) is 87.2 Å². The third-order valence-corrected chi connectivity index (χ3v) is 6.33. The number of amides is 1. The number of furan rings is 1. The van der Waals surface area contributed by atoms with Crippen molar-refractivity contribution in [3.63, 3.8) is 0 Å². The fourth-order valence-electron chi connectivity index (χ4n) is 3.79. The van der Waals surface area contributed by atoms with Gasteiger partial charge in [-0.05, 0) is 42.8 Å². The summed E-state index contributed by atoms with van der Waals surface area (Å²) in [6.45, 7) is 1.92. The molecule has 0 bridgehead atoms. The molecule has 7 nitrogen and oxygen atoms in total. The number of aryl methyl sites for hydroxylation is 1. The Morgan fingerprint density at radius 2 is 1.76 bits per heavy atom. The number of hydrogen-bond acceptors (Lipinski definition) is 6. The van der Waals surface area contributed by atoms with Crippen LogP contribution in [0.5, 0.6) is 0 Å². The Morgan fingerprint density at radius 1 is 1.06 bits per heavy atom. The number of nitrogens with zero attached hydrogens (tertiary/aromatic N) is 3. The lowest BCUT2D eigenvalue weighted by Gasteiger charge is -2.15. The highest BCUT2D eigenvalue weighted by molar-refractivity contribution is 7.99. The molecule has 2 heterocycles. The molecule has 0 aliphatic heterocycles. The van der Waals surface area contributed by atoms with Gasteiger partial charge in [0.25, 0.3) is 5.56 Å². The molecule has 2 aromatic heterocycles. The zero-order valence-corrected chi connectivity index (χ0v) is 18.9. The molecular weight excluding hydrogens is 448 g/mol. The van der Waals surface area contributed by atoms with Crippen LogP contribution in [-0.4, -0.2) is 21.2 Å². The molecule has 0 aliphatic rings. The van der Waals surface area contributed by atoms with E-state index in [0.29, 0.717) is 38.4 Å². The number of carbonyl (C=O) groups is 1. The predicted molar refractivity (Wildman–Crippen MR) is 132 cm³/mol. The van der Waals surface area contributed by atoms with E-state index < -0.39 is 0 Å². The molecule has 0 unspecified atom stereocenters. The van der Waals surface area contributed by atoms with E-state index in [9.17, 15) is 14.9 Å². The van der Waals surface area contributed by atoms with Crippen LogP contribution in [0.2, 0.25) is 0 Å². The zero-order chi connectivity index (χ0) is 23.7. The Kier molecular flexibility index (Phi) is 5.62. The minimum Gasteiger partial charge on any atom is -0.443 e. The first-order valence-electron chi connectivity index (χ1n) is 10.5. The van der Waals surface area contributed by atoms with Crippen LogP contribution in [0.25, 0.3) is 27.6 Å². The minimum atomic E-state index is -0.341. The number of nitriles is 1. The molecule has 0 aliphatic carbocycles. The summed E-state index contributed by atoms with van der Waals surface area (Å²) in [4.78, 5) is 30.9. The van der Waals surface area contributed by atoms with E-state index in [1.807, 2.05) is 49.4 Å². The highest BCUT2D eigenvalue weighted by Crippen LogP contribution is 2.31. The maximum Gasteiger partial charge on any atom is 0.266 e. The van der Waals surface area contributed by atoms with Crippen LogP contribution in [0.3, 0.4) is 0 Å². The molecule has 8 heteroatoms. The Hall–Kier alpha value is -4.35. The molecule has 5 rings (SSSR count). The van der Waals surface area contributed by atoms with E-state index in [0.717, 1.165) is 17.3 Å².